The van der Waals surface area contributed by atoms with Crippen LogP contribution in [0.4, 0.5) is 0 Å². The van der Waals surface area contributed by atoms with Crippen LogP contribution in [0.5, 0.6) is 0 Å². The molecule has 2 heteroatoms. The summed E-state index contributed by atoms with van der Waals surface area (Å²) in [5.41, 5.74) is 2.25. The number of hydrogen-bond donors (Lipinski definition) is 1. The maximum atomic E-state index is 5.82. The minimum absolute atomic E-state index is 0.285. The summed E-state index contributed by atoms with van der Waals surface area (Å²) in [5, 5.41) is 4.62. The zero-order valence-electron chi connectivity index (χ0n) is 10.2. The van der Waals surface area contributed by atoms with Gasteiger partial charge in [0.25, 0.3) is 0 Å². The van der Waals surface area contributed by atoms with Gasteiger partial charge in [0.05, 0.1) is 6.04 Å². The maximum Gasteiger partial charge on any atom is 0.134 e. The van der Waals surface area contributed by atoms with Crippen molar-refractivity contribution in [2.24, 2.45) is 0 Å². The van der Waals surface area contributed by atoms with Gasteiger partial charge in [0, 0.05) is 5.39 Å². The molecule has 0 aliphatic heterocycles. The lowest BCUT2D eigenvalue weighted by Crippen LogP contribution is -2.18. The monoisotopic (exact) mass is 217 g/mol. The molecule has 2 aromatic rings. The Morgan fingerprint density at radius 2 is 2.12 bits per heavy atom. The van der Waals surface area contributed by atoms with E-state index in [2.05, 4.69) is 44.3 Å². The van der Waals surface area contributed by atoms with Crippen LogP contribution < -0.4 is 5.32 Å². The van der Waals surface area contributed by atoms with Gasteiger partial charge in [-0.25, -0.2) is 0 Å². The molecule has 1 N–H and O–H groups in total. The highest BCUT2D eigenvalue weighted by Gasteiger charge is 2.10. The summed E-state index contributed by atoms with van der Waals surface area (Å²) < 4.78 is 5.82. The highest BCUT2D eigenvalue weighted by atomic mass is 16.3. The van der Waals surface area contributed by atoms with Gasteiger partial charge < -0.3 is 9.73 Å². The van der Waals surface area contributed by atoms with Crippen molar-refractivity contribution < 1.29 is 4.42 Å². The fourth-order valence-corrected chi connectivity index (χ4v) is 1.86. The molecular formula is C14H19NO. The first-order chi connectivity index (χ1) is 7.70. The Morgan fingerprint density at radius 3 is 2.88 bits per heavy atom. The number of hydrogen-bond acceptors (Lipinski definition) is 2. The van der Waals surface area contributed by atoms with E-state index in [1.807, 2.05) is 6.07 Å². The van der Waals surface area contributed by atoms with Gasteiger partial charge in [-0.05, 0) is 45.0 Å². The van der Waals surface area contributed by atoms with Crippen LogP contribution in [-0.2, 0) is 0 Å². The number of rotatable bonds is 4. The van der Waals surface area contributed by atoms with Crippen molar-refractivity contribution in [1.29, 1.82) is 0 Å². The molecule has 2 rings (SSSR count). The molecule has 0 aliphatic carbocycles. The minimum Gasteiger partial charge on any atom is -0.459 e. The first-order valence-electron chi connectivity index (χ1n) is 5.94. The molecule has 1 unspecified atom stereocenters. The van der Waals surface area contributed by atoms with Crippen molar-refractivity contribution in [1.82, 2.24) is 5.32 Å². The van der Waals surface area contributed by atoms with E-state index in [1.54, 1.807) is 0 Å². The minimum atomic E-state index is 0.285. The Morgan fingerprint density at radius 1 is 1.31 bits per heavy atom. The van der Waals surface area contributed by atoms with Gasteiger partial charge in [0.2, 0.25) is 0 Å². The Balaban J connectivity index is 2.25. The molecule has 0 spiro atoms. The molecule has 0 aliphatic rings. The molecule has 0 radical (unpaired) electrons. The highest BCUT2D eigenvalue weighted by molar-refractivity contribution is 5.78. The molecule has 86 valence electrons. The first-order valence-corrected chi connectivity index (χ1v) is 5.94. The summed E-state index contributed by atoms with van der Waals surface area (Å²) in [4.78, 5) is 0. The predicted octanol–water partition coefficient (Wildman–Crippen LogP) is 3.80. The second kappa shape index (κ2) is 4.71. The summed E-state index contributed by atoms with van der Waals surface area (Å²) >= 11 is 0. The summed E-state index contributed by atoms with van der Waals surface area (Å²) in [6, 6.07) is 8.71. The maximum absolute atomic E-state index is 5.82. The average molecular weight is 217 g/mol. The molecule has 1 atom stereocenters. The van der Waals surface area contributed by atoms with Crippen LogP contribution in [0.15, 0.2) is 28.7 Å². The molecule has 0 saturated carbocycles. The van der Waals surface area contributed by atoms with E-state index in [9.17, 15) is 0 Å². The molecule has 1 aromatic carbocycles. The van der Waals surface area contributed by atoms with Crippen LogP contribution in [0.1, 0.15) is 37.6 Å². The van der Waals surface area contributed by atoms with Gasteiger partial charge in [-0.1, -0.05) is 18.6 Å². The van der Waals surface area contributed by atoms with Crippen molar-refractivity contribution in [3.63, 3.8) is 0 Å². The van der Waals surface area contributed by atoms with E-state index in [1.165, 1.54) is 10.9 Å². The van der Waals surface area contributed by atoms with Crippen LogP contribution in [0.3, 0.4) is 0 Å². The van der Waals surface area contributed by atoms with Crippen molar-refractivity contribution in [2.45, 2.75) is 33.2 Å². The van der Waals surface area contributed by atoms with E-state index in [-0.39, 0.29) is 6.04 Å². The molecule has 0 saturated heterocycles. The summed E-state index contributed by atoms with van der Waals surface area (Å²) in [6.45, 7) is 7.43. The molecular weight excluding hydrogens is 198 g/mol. The zero-order chi connectivity index (χ0) is 11.5. The molecule has 16 heavy (non-hydrogen) atoms. The van der Waals surface area contributed by atoms with Crippen molar-refractivity contribution in [3.8, 4) is 0 Å². The molecule has 1 heterocycles. The van der Waals surface area contributed by atoms with Crippen LogP contribution in [0.25, 0.3) is 11.0 Å². The second-order valence-corrected chi connectivity index (χ2v) is 4.37. The van der Waals surface area contributed by atoms with E-state index >= 15 is 0 Å². The second-order valence-electron chi connectivity index (χ2n) is 4.37. The van der Waals surface area contributed by atoms with Crippen molar-refractivity contribution >= 4 is 11.0 Å². The molecule has 0 bridgehead atoms. The standard InChI is InChI=1S/C14H19NO/c1-4-7-15-11(3)14-9-12-8-10(2)5-6-13(12)16-14/h5-6,8-9,11,15H,4,7H2,1-3H3. The predicted molar refractivity (Wildman–Crippen MR) is 67.7 cm³/mol. The first kappa shape index (κ1) is 11.2. The normalized spacial score (nSPS) is 13.2. The largest absolute Gasteiger partial charge is 0.459 e. The quantitative estimate of drug-likeness (QED) is 0.842. The van der Waals surface area contributed by atoms with E-state index in [0.29, 0.717) is 0 Å². The zero-order valence-corrected chi connectivity index (χ0v) is 10.2. The SMILES string of the molecule is CCCNC(C)c1cc2cc(C)ccc2o1. The number of fused-ring (bicyclic) bond motifs is 1. The highest BCUT2D eigenvalue weighted by Crippen LogP contribution is 2.24. The smallest absolute Gasteiger partial charge is 0.134 e. The lowest BCUT2D eigenvalue weighted by atomic mass is 10.1. The van der Waals surface area contributed by atoms with Crippen LogP contribution in [0, 0.1) is 6.92 Å². The van der Waals surface area contributed by atoms with E-state index < -0.39 is 0 Å². The van der Waals surface area contributed by atoms with Gasteiger partial charge in [-0.3, -0.25) is 0 Å². The fraction of sp³-hybridized carbons (Fsp3) is 0.429. The van der Waals surface area contributed by atoms with Gasteiger partial charge in [-0.15, -0.1) is 0 Å². The number of benzene rings is 1. The van der Waals surface area contributed by atoms with E-state index in [0.717, 1.165) is 24.3 Å². The molecule has 2 nitrogen and oxygen atoms in total. The van der Waals surface area contributed by atoms with Gasteiger partial charge in [0.1, 0.15) is 11.3 Å². The third kappa shape index (κ3) is 2.27. The van der Waals surface area contributed by atoms with Gasteiger partial charge in [-0.2, -0.15) is 0 Å². The summed E-state index contributed by atoms with van der Waals surface area (Å²) in [6.07, 6.45) is 1.14. The van der Waals surface area contributed by atoms with Crippen LogP contribution in [-0.4, -0.2) is 6.54 Å². The van der Waals surface area contributed by atoms with E-state index in [4.69, 9.17) is 4.42 Å². The van der Waals surface area contributed by atoms with Crippen LogP contribution in [0.2, 0.25) is 0 Å². The third-order valence-electron chi connectivity index (χ3n) is 2.82. The summed E-state index contributed by atoms with van der Waals surface area (Å²) in [7, 11) is 0. The van der Waals surface area contributed by atoms with Crippen LogP contribution >= 0.6 is 0 Å². The molecule has 0 fully saturated rings. The van der Waals surface area contributed by atoms with Crippen molar-refractivity contribution in [2.75, 3.05) is 6.54 Å². The van der Waals surface area contributed by atoms with Crippen molar-refractivity contribution in [3.05, 3.63) is 35.6 Å². The van der Waals surface area contributed by atoms with Gasteiger partial charge >= 0.3 is 0 Å². The Labute approximate surface area is 96.6 Å². The Kier molecular flexibility index (Phi) is 3.30. The number of furan rings is 1. The Bertz CT molecular complexity index is 473. The Hall–Kier alpha value is -1.28. The molecule has 1 aromatic heterocycles. The lowest BCUT2D eigenvalue weighted by molar-refractivity contribution is 0.452. The third-order valence-corrected chi connectivity index (χ3v) is 2.82. The fourth-order valence-electron chi connectivity index (χ4n) is 1.86. The topological polar surface area (TPSA) is 25.2 Å². The number of nitrogens with one attached hydrogen (secondary N) is 1. The average Bonchev–Trinajstić information content (AvgIpc) is 2.68. The number of aryl methyl sites for hydroxylation is 1. The lowest BCUT2D eigenvalue weighted by Gasteiger charge is -2.09. The molecule has 0 amide bonds. The van der Waals surface area contributed by atoms with Gasteiger partial charge in [0.15, 0.2) is 0 Å². The summed E-state index contributed by atoms with van der Waals surface area (Å²) in [5.74, 6) is 1.02.